The first-order chi connectivity index (χ1) is 13.9. The van der Waals surface area contributed by atoms with E-state index in [1.807, 2.05) is 24.3 Å². The lowest BCUT2D eigenvalue weighted by atomic mass is 10.0. The third-order valence-electron chi connectivity index (χ3n) is 4.44. The quantitative estimate of drug-likeness (QED) is 0.492. The minimum atomic E-state index is -0.963. The standard InChI is InChI=1S/C22H19N3O4/c1-13-20(17-5-3-4-6-18(17)24-13)21(27)14(2)29-22(28)15-7-9-16(10-8-15)25-19(26)11-12-23/h3-10,14,24H,11H2,1-2H3,(H,25,26)/t14-/m1/s1. The van der Waals surface area contributed by atoms with E-state index in [1.54, 1.807) is 13.0 Å². The molecule has 1 heterocycles. The molecule has 0 spiro atoms. The zero-order chi connectivity index (χ0) is 21.0. The van der Waals surface area contributed by atoms with Gasteiger partial charge in [-0.3, -0.25) is 9.59 Å². The highest BCUT2D eigenvalue weighted by atomic mass is 16.5. The number of rotatable bonds is 6. The lowest BCUT2D eigenvalue weighted by Gasteiger charge is -2.13. The molecule has 1 atom stereocenters. The molecule has 3 rings (SSSR count). The molecule has 0 aliphatic carbocycles. The van der Waals surface area contributed by atoms with Crippen molar-refractivity contribution in [3.05, 3.63) is 65.4 Å². The summed E-state index contributed by atoms with van der Waals surface area (Å²) < 4.78 is 5.35. The summed E-state index contributed by atoms with van der Waals surface area (Å²) in [6, 6.07) is 15.2. The molecule has 0 saturated carbocycles. The zero-order valence-corrected chi connectivity index (χ0v) is 16.0. The van der Waals surface area contributed by atoms with Gasteiger partial charge in [-0.25, -0.2) is 4.79 Å². The number of H-pyrrole nitrogens is 1. The van der Waals surface area contributed by atoms with Crippen LogP contribution in [-0.2, 0) is 9.53 Å². The SMILES string of the molecule is Cc1[nH]c2ccccc2c1C(=O)[C@@H](C)OC(=O)c1ccc(NC(=O)CC#N)cc1. The molecule has 0 aliphatic rings. The molecule has 0 bridgehead atoms. The summed E-state index contributed by atoms with van der Waals surface area (Å²) in [7, 11) is 0. The average Bonchev–Trinajstić information content (AvgIpc) is 3.03. The first kappa shape index (κ1) is 19.8. The van der Waals surface area contributed by atoms with E-state index < -0.39 is 18.0 Å². The number of benzene rings is 2. The molecule has 3 aromatic rings. The van der Waals surface area contributed by atoms with Crippen LogP contribution >= 0.6 is 0 Å². The van der Waals surface area contributed by atoms with Crippen molar-refractivity contribution in [1.82, 2.24) is 4.98 Å². The maximum Gasteiger partial charge on any atom is 0.338 e. The van der Waals surface area contributed by atoms with Crippen molar-refractivity contribution in [2.24, 2.45) is 0 Å². The van der Waals surface area contributed by atoms with Crippen molar-refractivity contribution in [1.29, 1.82) is 5.26 Å². The fourth-order valence-electron chi connectivity index (χ4n) is 3.05. The molecule has 7 heteroatoms. The zero-order valence-electron chi connectivity index (χ0n) is 16.0. The maximum absolute atomic E-state index is 12.9. The second kappa shape index (κ2) is 8.40. The number of nitrogens with one attached hydrogen (secondary N) is 2. The van der Waals surface area contributed by atoms with Crippen LogP contribution in [0.15, 0.2) is 48.5 Å². The average molecular weight is 389 g/mol. The normalized spacial score (nSPS) is 11.5. The number of carbonyl (C=O) groups excluding carboxylic acids is 3. The van der Waals surface area contributed by atoms with E-state index in [-0.39, 0.29) is 17.8 Å². The third-order valence-corrected chi connectivity index (χ3v) is 4.44. The highest BCUT2D eigenvalue weighted by molar-refractivity contribution is 6.11. The number of aryl methyl sites for hydroxylation is 1. The van der Waals surface area contributed by atoms with Crippen LogP contribution in [0.4, 0.5) is 5.69 Å². The molecule has 2 aromatic carbocycles. The number of hydrogen-bond acceptors (Lipinski definition) is 5. The summed E-state index contributed by atoms with van der Waals surface area (Å²) in [5, 5.41) is 11.8. The number of fused-ring (bicyclic) bond motifs is 1. The topological polar surface area (TPSA) is 112 Å². The van der Waals surface area contributed by atoms with Crippen molar-refractivity contribution in [3.8, 4) is 6.07 Å². The Bertz CT molecular complexity index is 1120. The number of nitrogens with zero attached hydrogens (tertiary/aromatic N) is 1. The monoisotopic (exact) mass is 389 g/mol. The summed E-state index contributed by atoms with van der Waals surface area (Å²) in [6.45, 7) is 3.35. The molecule has 0 aliphatic heterocycles. The molecule has 7 nitrogen and oxygen atoms in total. The Balaban J connectivity index is 1.70. The number of hydrogen-bond donors (Lipinski definition) is 2. The van der Waals surface area contributed by atoms with E-state index >= 15 is 0 Å². The predicted octanol–water partition coefficient (Wildman–Crippen LogP) is 3.76. The van der Waals surface area contributed by atoms with E-state index in [9.17, 15) is 14.4 Å². The molecule has 146 valence electrons. The molecule has 0 fully saturated rings. The van der Waals surface area contributed by atoms with Gasteiger partial charge in [-0.05, 0) is 44.2 Å². The van der Waals surface area contributed by atoms with Crippen molar-refractivity contribution in [3.63, 3.8) is 0 Å². The van der Waals surface area contributed by atoms with Gasteiger partial charge in [0.2, 0.25) is 11.7 Å². The summed E-state index contributed by atoms with van der Waals surface area (Å²) >= 11 is 0. The maximum atomic E-state index is 12.9. The fraction of sp³-hybridized carbons (Fsp3) is 0.182. The Morgan fingerprint density at radius 1 is 1.14 bits per heavy atom. The number of carbonyl (C=O) groups is 3. The number of amides is 1. The highest BCUT2D eigenvalue weighted by Gasteiger charge is 2.24. The van der Waals surface area contributed by atoms with Crippen LogP contribution in [0.25, 0.3) is 10.9 Å². The van der Waals surface area contributed by atoms with Gasteiger partial charge in [-0.15, -0.1) is 0 Å². The van der Waals surface area contributed by atoms with Crippen molar-refractivity contribution in [2.45, 2.75) is 26.4 Å². The minimum absolute atomic E-state index is 0.249. The lowest BCUT2D eigenvalue weighted by Crippen LogP contribution is -2.25. The summed E-state index contributed by atoms with van der Waals surface area (Å²) in [4.78, 5) is 39.9. The van der Waals surface area contributed by atoms with Crippen molar-refractivity contribution < 1.29 is 19.1 Å². The molecular weight excluding hydrogens is 370 g/mol. The predicted molar refractivity (Wildman–Crippen MR) is 108 cm³/mol. The van der Waals surface area contributed by atoms with Gasteiger partial charge >= 0.3 is 5.97 Å². The van der Waals surface area contributed by atoms with E-state index in [0.717, 1.165) is 16.6 Å². The Kier molecular flexibility index (Phi) is 5.74. The number of ether oxygens (including phenoxy) is 1. The highest BCUT2D eigenvalue weighted by Crippen LogP contribution is 2.24. The van der Waals surface area contributed by atoms with E-state index in [4.69, 9.17) is 10.00 Å². The van der Waals surface area contributed by atoms with Crippen LogP contribution < -0.4 is 5.32 Å². The number of esters is 1. The molecule has 0 unspecified atom stereocenters. The van der Waals surface area contributed by atoms with Crippen LogP contribution in [0.5, 0.6) is 0 Å². The molecule has 1 amide bonds. The molecule has 2 N–H and O–H groups in total. The molecular formula is C22H19N3O4. The Labute approximate surface area is 167 Å². The van der Waals surface area contributed by atoms with E-state index in [2.05, 4.69) is 10.3 Å². The van der Waals surface area contributed by atoms with E-state index in [0.29, 0.717) is 11.3 Å². The number of Topliss-reactive ketones (excluding diaryl/α,β-unsaturated/α-hetero) is 1. The van der Waals surface area contributed by atoms with Crippen molar-refractivity contribution >= 4 is 34.3 Å². The first-order valence-corrected chi connectivity index (χ1v) is 9.00. The summed E-state index contributed by atoms with van der Waals surface area (Å²) in [6.07, 6.45) is -1.22. The number of aromatic amines is 1. The van der Waals surface area contributed by atoms with Crippen LogP contribution in [0.1, 0.15) is 39.8 Å². The van der Waals surface area contributed by atoms with Gasteiger partial charge < -0.3 is 15.0 Å². The third kappa shape index (κ3) is 4.33. The largest absolute Gasteiger partial charge is 0.451 e. The van der Waals surface area contributed by atoms with Crippen LogP contribution in [0.3, 0.4) is 0 Å². The molecule has 1 aromatic heterocycles. The van der Waals surface area contributed by atoms with Gasteiger partial charge in [0.05, 0.1) is 11.6 Å². The Hall–Kier alpha value is -3.92. The summed E-state index contributed by atoms with van der Waals surface area (Å²) in [5.41, 5.74) is 2.79. The summed E-state index contributed by atoms with van der Waals surface area (Å²) in [5.74, 6) is -1.36. The van der Waals surface area contributed by atoms with Crippen LogP contribution in [-0.4, -0.2) is 28.7 Å². The second-order valence-electron chi connectivity index (χ2n) is 6.54. The molecule has 29 heavy (non-hydrogen) atoms. The van der Waals surface area contributed by atoms with Crippen LogP contribution in [0, 0.1) is 18.3 Å². The second-order valence-corrected chi connectivity index (χ2v) is 6.54. The first-order valence-electron chi connectivity index (χ1n) is 9.00. The van der Waals surface area contributed by atoms with E-state index in [1.165, 1.54) is 31.2 Å². The number of anilines is 1. The van der Waals surface area contributed by atoms with Gasteiger partial charge in [0.15, 0.2) is 6.10 Å². The van der Waals surface area contributed by atoms with Gasteiger partial charge in [0, 0.05) is 27.8 Å². The van der Waals surface area contributed by atoms with Gasteiger partial charge in [0.1, 0.15) is 6.42 Å². The Morgan fingerprint density at radius 3 is 2.52 bits per heavy atom. The van der Waals surface area contributed by atoms with Gasteiger partial charge in [-0.2, -0.15) is 5.26 Å². The number of para-hydroxylation sites is 1. The number of ketones is 1. The Morgan fingerprint density at radius 2 is 1.83 bits per heavy atom. The number of nitriles is 1. The smallest absolute Gasteiger partial charge is 0.338 e. The fourth-order valence-corrected chi connectivity index (χ4v) is 3.05. The minimum Gasteiger partial charge on any atom is -0.451 e. The number of aromatic nitrogens is 1. The molecule has 0 saturated heterocycles. The van der Waals surface area contributed by atoms with Crippen molar-refractivity contribution in [2.75, 3.05) is 5.32 Å². The lowest BCUT2D eigenvalue weighted by molar-refractivity contribution is -0.115. The van der Waals surface area contributed by atoms with Gasteiger partial charge in [0.25, 0.3) is 0 Å². The van der Waals surface area contributed by atoms with Gasteiger partial charge in [-0.1, -0.05) is 18.2 Å². The molecule has 0 radical (unpaired) electrons. The van der Waals surface area contributed by atoms with Crippen LogP contribution in [0.2, 0.25) is 0 Å².